The number of thiocarbonyl (C=S) groups is 1. The number of carbonyl (C=O) groups is 2. The highest BCUT2D eigenvalue weighted by molar-refractivity contribution is 7.80. The molecule has 3 N–H and O–H groups in total. The molecule has 8 heteroatoms. The molecule has 0 bridgehead atoms. The fourth-order valence-corrected chi connectivity index (χ4v) is 2.87. The van der Waals surface area contributed by atoms with Gasteiger partial charge in [-0.1, -0.05) is 0 Å². The monoisotopic (exact) mass is 364 g/mol. The minimum Gasteiger partial charge on any atom is -0.465 e. The maximum atomic E-state index is 12.4. The SMILES string of the molecule is CC(C)(C)NC(=S)NNC(=O)C1CCCN1C(=O)C=Cc1ccco1. The van der Waals surface area contributed by atoms with E-state index >= 15 is 0 Å². The number of nitrogens with zero attached hydrogens (tertiary/aromatic N) is 1. The molecule has 1 aliphatic rings. The van der Waals surface area contributed by atoms with Gasteiger partial charge in [0, 0.05) is 18.2 Å². The summed E-state index contributed by atoms with van der Waals surface area (Å²) >= 11 is 5.12. The van der Waals surface area contributed by atoms with Gasteiger partial charge in [0.1, 0.15) is 11.8 Å². The second kappa shape index (κ2) is 8.15. The summed E-state index contributed by atoms with van der Waals surface area (Å²) in [6.45, 7) is 6.44. The molecule has 2 amide bonds. The number of hydrogen-bond donors (Lipinski definition) is 3. The number of furan rings is 1. The number of likely N-dealkylation sites (tertiary alicyclic amines) is 1. The Hall–Kier alpha value is -2.35. The van der Waals surface area contributed by atoms with Gasteiger partial charge in [-0.25, -0.2) is 0 Å². The highest BCUT2D eigenvalue weighted by atomic mass is 32.1. The largest absolute Gasteiger partial charge is 0.465 e. The Kier molecular flexibility index (Phi) is 6.19. The van der Waals surface area contributed by atoms with Crippen molar-refractivity contribution in [3.63, 3.8) is 0 Å². The highest BCUT2D eigenvalue weighted by Gasteiger charge is 2.33. The summed E-state index contributed by atoms with van der Waals surface area (Å²) in [4.78, 5) is 26.3. The van der Waals surface area contributed by atoms with Crippen LogP contribution in [0.5, 0.6) is 0 Å². The van der Waals surface area contributed by atoms with Gasteiger partial charge in [0.2, 0.25) is 5.91 Å². The van der Waals surface area contributed by atoms with Gasteiger partial charge in [-0.3, -0.25) is 20.4 Å². The van der Waals surface area contributed by atoms with E-state index in [1.165, 1.54) is 12.3 Å². The topological polar surface area (TPSA) is 86.6 Å². The first kappa shape index (κ1) is 19.0. The number of carbonyl (C=O) groups excluding carboxylic acids is 2. The zero-order valence-electron chi connectivity index (χ0n) is 14.7. The van der Waals surface area contributed by atoms with E-state index in [2.05, 4.69) is 16.2 Å². The van der Waals surface area contributed by atoms with Gasteiger partial charge in [0.15, 0.2) is 5.11 Å². The second-order valence-electron chi connectivity index (χ2n) is 6.86. The van der Waals surface area contributed by atoms with Gasteiger partial charge in [-0.05, 0) is 64.0 Å². The van der Waals surface area contributed by atoms with Crippen molar-refractivity contribution in [1.29, 1.82) is 0 Å². The zero-order valence-corrected chi connectivity index (χ0v) is 15.5. The third-order valence-corrected chi connectivity index (χ3v) is 3.76. The van der Waals surface area contributed by atoms with Crippen molar-refractivity contribution < 1.29 is 14.0 Å². The van der Waals surface area contributed by atoms with Gasteiger partial charge in [-0.2, -0.15) is 0 Å². The molecule has 1 aromatic rings. The summed E-state index contributed by atoms with van der Waals surface area (Å²) in [5, 5.41) is 3.37. The lowest BCUT2D eigenvalue weighted by Gasteiger charge is -2.25. The van der Waals surface area contributed by atoms with Crippen LogP contribution in [0.25, 0.3) is 6.08 Å². The predicted octanol–water partition coefficient (Wildman–Crippen LogP) is 1.58. The van der Waals surface area contributed by atoms with E-state index in [0.717, 1.165) is 6.42 Å². The Labute approximate surface area is 152 Å². The zero-order chi connectivity index (χ0) is 18.4. The fourth-order valence-electron chi connectivity index (χ4n) is 2.51. The molecule has 1 aliphatic heterocycles. The number of hydrogen-bond acceptors (Lipinski definition) is 4. The summed E-state index contributed by atoms with van der Waals surface area (Å²) in [7, 11) is 0. The van der Waals surface area contributed by atoms with Crippen molar-refractivity contribution >= 4 is 35.2 Å². The second-order valence-corrected chi connectivity index (χ2v) is 7.27. The van der Waals surface area contributed by atoms with E-state index in [1.54, 1.807) is 23.1 Å². The summed E-state index contributed by atoms with van der Waals surface area (Å²) in [6, 6.07) is 2.99. The molecule has 2 heterocycles. The van der Waals surface area contributed by atoms with Crippen LogP contribution >= 0.6 is 12.2 Å². The van der Waals surface area contributed by atoms with Crippen LogP contribution in [-0.4, -0.2) is 40.0 Å². The molecule has 25 heavy (non-hydrogen) atoms. The molecule has 0 spiro atoms. The summed E-state index contributed by atoms with van der Waals surface area (Å²) < 4.78 is 5.16. The minimum absolute atomic E-state index is 0.208. The summed E-state index contributed by atoms with van der Waals surface area (Å²) in [5.74, 6) is 0.0913. The Morgan fingerprint density at radius 1 is 1.36 bits per heavy atom. The Balaban J connectivity index is 1.88. The lowest BCUT2D eigenvalue weighted by Crippen LogP contribution is -2.55. The van der Waals surface area contributed by atoms with E-state index < -0.39 is 6.04 Å². The number of amides is 2. The Bertz CT molecular complexity index is 649. The van der Waals surface area contributed by atoms with Gasteiger partial charge >= 0.3 is 0 Å². The average molecular weight is 364 g/mol. The van der Waals surface area contributed by atoms with E-state index in [0.29, 0.717) is 23.8 Å². The smallest absolute Gasteiger partial charge is 0.261 e. The van der Waals surface area contributed by atoms with Crippen LogP contribution in [0.4, 0.5) is 0 Å². The first-order valence-electron chi connectivity index (χ1n) is 8.16. The first-order valence-corrected chi connectivity index (χ1v) is 8.57. The first-order chi connectivity index (χ1) is 11.8. The van der Waals surface area contributed by atoms with Gasteiger partial charge in [0.05, 0.1) is 6.26 Å². The predicted molar refractivity (Wildman–Crippen MR) is 99.2 cm³/mol. The molecule has 0 saturated carbocycles. The molecule has 0 aliphatic carbocycles. The van der Waals surface area contributed by atoms with Crippen LogP contribution in [-0.2, 0) is 9.59 Å². The average Bonchev–Trinajstić information content (AvgIpc) is 3.19. The van der Waals surface area contributed by atoms with Gasteiger partial charge in [0.25, 0.3) is 5.91 Å². The normalized spacial score (nSPS) is 17.6. The molecule has 136 valence electrons. The van der Waals surface area contributed by atoms with Crippen molar-refractivity contribution in [2.24, 2.45) is 0 Å². The molecule has 1 atom stereocenters. The highest BCUT2D eigenvalue weighted by Crippen LogP contribution is 2.18. The van der Waals surface area contributed by atoms with E-state index in [1.807, 2.05) is 20.8 Å². The maximum absolute atomic E-state index is 12.4. The summed E-state index contributed by atoms with van der Waals surface area (Å²) in [6.07, 6.45) is 5.95. The van der Waals surface area contributed by atoms with E-state index in [4.69, 9.17) is 16.6 Å². The van der Waals surface area contributed by atoms with Gasteiger partial charge in [-0.15, -0.1) is 0 Å². The number of nitrogens with one attached hydrogen (secondary N) is 3. The maximum Gasteiger partial charge on any atom is 0.261 e. The lowest BCUT2D eigenvalue weighted by atomic mass is 10.1. The molecular weight excluding hydrogens is 340 g/mol. The molecule has 0 aromatic carbocycles. The third-order valence-electron chi connectivity index (χ3n) is 3.56. The van der Waals surface area contributed by atoms with Crippen LogP contribution in [0.15, 0.2) is 28.9 Å². The van der Waals surface area contributed by atoms with Crippen molar-refractivity contribution in [3.8, 4) is 0 Å². The van der Waals surface area contributed by atoms with Crippen LogP contribution in [0.3, 0.4) is 0 Å². The standard InChI is InChI=1S/C17H24N4O3S/c1-17(2,3)18-16(25)20-19-15(23)13-7-4-10-21(13)14(22)9-8-12-6-5-11-24-12/h5-6,8-9,11,13H,4,7,10H2,1-3H3,(H,19,23)(H2,18,20,25). The third kappa shape index (κ3) is 5.90. The van der Waals surface area contributed by atoms with Crippen LogP contribution < -0.4 is 16.2 Å². The van der Waals surface area contributed by atoms with Crippen molar-refractivity contribution in [2.45, 2.75) is 45.2 Å². The van der Waals surface area contributed by atoms with Crippen molar-refractivity contribution in [2.75, 3.05) is 6.54 Å². The molecule has 1 saturated heterocycles. The molecular formula is C17H24N4O3S. The molecule has 7 nitrogen and oxygen atoms in total. The van der Waals surface area contributed by atoms with Gasteiger partial charge < -0.3 is 14.6 Å². The Morgan fingerprint density at radius 2 is 2.12 bits per heavy atom. The molecule has 1 fully saturated rings. The molecule has 1 aromatic heterocycles. The van der Waals surface area contributed by atoms with Crippen molar-refractivity contribution in [3.05, 3.63) is 30.2 Å². The van der Waals surface area contributed by atoms with Crippen molar-refractivity contribution in [1.82, 2.24) is 21.1 Å². The van der Waals surface area contributed by atoms with Crippen LogP contribution in [0.1, 0.15) is 39.4 Å². The van der Waals surface area contributed by atoms with E-state index in [-0.39, 0.29) is 17.4 Å². The minimum atomic E-state index is -0.515. The van der Waals surface area contributed by atoms with E-state index in [9.17, 15) is 9.59 Å². The molecule has 1 unspecified atom stereocenters. The quantitative estimate of drug-likeness (QED) is 0.429. The molecule has 0 radical (unpaired) electrons. The Morgan fingerprint density at radius 3 is 2.76 bits per heavy atom. The fraction of sp³-hybridized carbons (Fsp3) is 0.471. The van der Waals surface area contributed by atoms with Crippen LogP contribution in [0, 0.1) is 0 Å². The number of hydrazine groups is 1. The van der Waals surface area contributed by atoms with Crippen LogP contribution in [0.2, 0.25) is 0 Å². The summed E-state index contributed by atoms with van der Waals surface area (Å²) in [5.41, 5.74) is 5.04. The lowest BCUT2D eigenvalue weighted by molar-refractivity contribution is -0.135. The number of rotatable bonds is 3. The molecule has 2 rings (SSSR count).